The van der Waals surface area contributed by atoms with Crippen LogP contribution in [0.3, 0.4) is 0 Å². The maximum Gasteiger partial charge on any atom is 0.121 e. The minimum atomic E-state index is -0.844. The van der Waals surface area contributed by atoms with Crippen LogP contribution in [0.25, 0.3) is 0 Å². The first-order valence-electron chi connectivity index (χ1n) is 6.60. The minimum Gasteiger partial charge on any atom is -0.396 e. The zero-order chi connectivity index (χ0) is 15.2. The van der Waals surface area contributed by atoms with E-state index in [9.17, 15) is 5.11 Å². The van der Waals surface area contributed by atoms with Crippen LogP contribution in [0.1, 0.15) is 34.9 Å². The smallest absolute Gasteiger partial charge is 0.121 e. The summed E-state index contributed by atoms with van der Waals surface area (Å²) in [5, 5.41) is 28.5. The molecule has 1 heterocycles. The topological polar surface area (TPSA) is 77.1 Å². The molecule has 0 saturated heterocycles. The van der Waals surface area contributed by atoms with Gasteiger partial charge < -0.3 is 10.2 Å². The number of aliphatic hydroxyl groups excluding tert-OH is 2. The van der Waals surface area contributed by atoms with Gasteiger partial charge in [-0.1, -0.05) is 18.2 Å². The number of halogens is 1. The standard InChI is InChI=1S/C16H15BrN2O2/c17-15-5-1-4-14(19-15)16(21)12-6-7-13(10-18)11(9-12)3-2-8-20/h1,4-7,9,16,20-21H,2-3,8H2. The van der Waals surface area contributed by atoms with Gasteiger partial charge in [-0.15, -0.1) is 0 Å². The zero-order valence-electron chi connectivity index (χ0n) is 11.3. The number of aryl methyl sites for hydroxylation is 1. The summed E-state index contributed by atoms with van der Waals surface area (Å²) in [5.41, 5.74) is 2.63. The Labute approximate surface area is 131 Å². The second kappa shape index (κ2) is 7.32. The molecule has 0 bridgehead atoms. The number of nitriles is 1. The molecule has 5 heteroatoms. The monoisotopic (exact) mass is 346 g/mol. The average Bonchev–Trinajstić information content (AvgIpc) is 2.51. The van der Waals surface area contributed by atoms with Crippen molar-refractivity contribution in [1.29, 1.82) is 5.26 Å². The van der Waals surface area contributed by atoms with Gasteiger partial charge in [0.15, 0.2) is 0 Å². The summed E-state index contributed by atoms with van der Waals surface area (Å²) < 4.78 is 0.660. The van der Waals surface area contributed by atoms with Gasteiger partial charge in [-0.2, -0.15) is 5.26 Å². The molecule has 0 fully saturated rings. The van der Waals surface area contributed by atoms with Gasteiger partial charge in [0.2, 0.25) is 0 Å². The Kier molecular flexibility index (Phi) is 5.45. The van der Waals surface area contributed by atoms with E-state index in [1.54, 1.807) is 24.3 Å². The molecule has 4 nitrogen and oxygen atoms in total. The van der Waals surface area contributed by atoms with Crippen LogP contribution >= 0.6 is 15.9 Å². The summed E-state index contributed by atoms with van der Waals surface area (Å²) >= 11 is 3.28. The van der Waals surface area contributed by atoms with E-state index in [0.29, 0.717) is 34.3 Å². The molecule has 108 valence electrons. The Hall–Kier alpha value is -1.74. The lowest BCUT2D eigenvalue weighted by molar-refractivity contribution is 0.215. The third-order valence-electron chi connectivity index (χ3n) is 3.19. The lowest BCUT2D eigenvalue weighted by Crippen LogP contribution is -2.04. The van der Waals surface area contributed by atoms with Crippen molar-refractivity contribution in [3.8, 4) is 6.07 Å². The molecular weight excluding hydrogens is 332 g/mol. The fraction of sp³-hybridized carbons (Fsp3) is 0.250. The van der Waals surface area contributed by atoms with Gasteiger partial charge in [0.05, 0.1) is 17.3 Å². The van der Waals surface area contributed by atoms with Crippen molar-refractivity contribution in [2.75, 3.05) is 6.61 Å². The maximum atomic E-state index is 10.4. The van der Waals surface area contributed by atoms with E-state index in [-0.39, 0.29) is 6.61 Å². The first-order valence-corrected chi connectivity index (χ1v) is 7.39. The summed E-state index contributed by atoms with van der Waals surface area (Å²) in [6.07, 6.45) is 0.345. The molecule has 21 heavy (non-hydrogen) atoms. The summed E-state index contributed by atoms with van der Waals surface area (Å²) in [7, 11) is 0. The molecule has 0 radical (unpaired) electrons. The number of nitrogens with zero attached hydrogens (tertiary/aromatic N) is 2. The highest BCUT2D eigenvalue weighted by atomic mass is 79.9. The fourth-order valence-electron chi connectivity index (χ4n) is 2.12. The van der Waals surface area contributed by atoms with Gasteiger partial charge in [-0.05, 0) is 58.1 Å². The Morgan fingerprint density at radius 2 is 2.10 bits per heavy atom. The van der Waals surface area contributed by atoms with Crippen LogP contribution in [0.15, 0.2) is 41.0 Å². The molecule has 1 aromatic heterocycles. The summed E-state index contributed by atoms with van der Waals surface area (Å²) in [6, 6.07) is 12.7. The number of benzene rings is 1. The van der Waals surface area contributed by atoms with Crippen molar-refractivity contribution in [1.82, 2.24) is 4.98 Å². The van der Waals surface area contributed by atoms with Crippen molar-refractivity contribution >= 4 is 15.9 Å². The molecule has 0 saturated carbocycles. The Balaban J connectivity index is 2.33. The Bertz CT molecular complexity index is 668. The first kappa shape index (κ1) is 15.6. The van der Waals surface area contributed by atoms with Crippen LogP contribution < -0.4 is 0 Å². The molecule has 1 aromatic carbocycles. The van der Waals surface area contributed by atoms with E-state index in [4.69, 9.17) is 10.4 Å². The van der Waals surface area contributed by atoms with Gasteiger partial charge in [0.1, 0.15) is 10.7 Å². The third-order valence-corrected chi connectivity index (χ3v) is 3.63. The SMILES string of the molecule is N#Cc1ccc(C(O)c2cccc(Br)n2)cc1CCCO. The van der Waals surface area contributed by atoms with E-state index in [0.717, 1.165) is 5.56 Å². The molecule has 0 aliphatic rings. The largest absolute Gasteiger partial charge is 0.396 e. The van der Waals surface area contributed by atoms with Crippen molar-refractivity contribution in [3.63, 3.8) is 0 Å². The van der Waals surface area contributed by atoms with Crippen molar-refractivity contribution < 1.29 is 10.2 Å². The van der Waals surface area contributed by atoms with E-state index in [2.05, 4.69) is 27.0 Å². The molecule has 0 aliphatic heterocycles. The van der Waals surface area contributed by atoms with Gasteiger partial charge >= 0.3 is 0 Å². The predicted molar refractivity (Wildman–Crippen MR) is 82.6 cm³/mol. The van der Waals surface area contributed by atoms with Crippen LogP contribution in [0.4, 0.5) is 0 Å². The molecule has 2 rings (SSSR count). The van der Waals surface area contributed by atoms with Gasteiger partial charge in [0, 0.05) is 6.61 Å². The molecule has 2 N–H and O–H groups in total. The normalized spacial score (nSPS) is 11.9. The second-order valence-corrected chi connectivity index (χ2v) is 5.46. The summed E-state index contributed by atoms with van der Waals surface area (Å²) in [5.74, 6) is 0. The van der Waals surface area contributed by atoms with Crippen molar-refractivity contribution in [2.24, 2.45) is 0 Å². The van der Waals surface area contributed by atoms with Crippen LogP contribution in [-0.2, 0) is 6.42 Å². The van der Waals surface area contributed by atoms with Crippen molar-refractivity contribution in [2.45, 2.75) is 18.9 Å². The van der Waals surface area contributed by atoms with E-state index in [1.165, 1.54) is 0 Å². The zero-order valence-corrected chi connectivity index (χ0v) is 12.9. The lowest BCUT2D eigenvalue weighted by Gasteiger charge is -2.13. The number of pyridine rings is 1. The number of hydrogen-bond donors (Lipinski definition) is 2. The van der Waals surface area contributed by atoms with Gasteiger partial charge in [-0.3, -0.25) is 0 Å². The molecule has 0 aliphatic carbocycles. The number of hydrogen-bond acceptors (Lipinski definition) is 4. The molecule has 0 amide bonds. The molecule has 1 atom stereocenters. The number of aliphatic hydroxyl groups is 2. The van der Waals surface area contributed by atoms with Crippen LogP contribution in [-0.4, -0.2) is 21.8 Å². The number of aromatic nitrogens is 1. The number of rotatable bonds is 5. The second-order valence-electron chi connectivity index (χ2n) is 4.64. The van der Waals surface area contributed by atoms with Crippen molar-refractivity contribution in [3.05, 3.63) is 63.4 Å². The maximum absolute atomic E-state index is 10.4. The van der Waals surface area contributed by atoms with Gasteiger partial charge in [0.25, 0.3) is 0 Å². The van der Waals surface area contributed by atoms with Gasteiger partial charge in [-0.25, -0.2) is 4.98 Å². The Morgan fingerprint density at radius 1 is 1.29 bits per heavy atom. The lowest BCUT2D eigenvalue weighted by atomic mass is 9.97. The highest BCUT2D eigenvalue weighted by Gasteiger charge is 2.14. The quantitative estimate of drug-likeness (QED) is 0.816. The first-order chi connectivity index (χ1) is 10.2. The molecular formula is C16H15BrN2O2. The van der Waals surface area contributed by atoms with Crippen LogP contribution in [0.2, 0.25) is 0 Å². The average molecular weight is 347 g/mol. The third kappa shape index (κ3) is 3.88. The predicted octanol–water partition coefficient (Wildman–Crippen LogP) is 2.72. The van der Waals surface area contributed by atoms with E-state index >= 15 is 0 Å². The summed E-state index contributed by atoms with van der Waals surface area (Å²) in [4.78, 5) is 4.25. The van der Waals surface area contributed by atoms with Crippen LogP contribution in [0.5, 0.6) is 0 Å². The van der Waals surface area contributed by atoms with E-state index < -0.39 is 6.10 Å². The Morgan fingerprint density at radius 3 is 2.76 bits per heavy atom. The van der Waals surface area contributed by atoms with E-state index in [1.807, 2.05) is 12.1 Å². The highest BCUT2D eigenvalue weighted by Crippen LogP contribution is 2.24. The summed E-state index contributed by atoms with van der Waals surface area (Å²) in [6.45, 7) is 0.0742. The molecule has 0 spiro atoms. The fourth-order valence-corrected chi connectivity index (χ4v) is 2.47. The minimum absolute atomic E-state index is 0.0742. The molecule has 1 unspecified atom stereocenters. The van der Waals surface area contributed by atoms with Crippen LogP contribution in [0, 0.1) is 11.3 Å². The highest BCUT2D eigenvalue weighted by molar-refractivity contribution is 9.10. The molecule has 2 aromatic rings.